The van der Waals surface area contributed by atoms with E-state index in [4.69, 9.17) is 27.9 Å². The number of carbonyl (C=O) groups excluding carboxylic acids is 1. The molecule has 3 aromatic rings. The van der Waals surface area contributed by atoms with Gasteiger partial charge in [-0.15, -0.1) is 0 Å². The van der Waals surface area contributed by atoms with E-state index in [0.717, 1.165) is 0 Å². The lowest BCUT2D eigenvalue weighted by Gasteiger charge is -2.08. The first-order valence-corrected chi connectivity index (χ1v) is 8.38. The molecule has 7 heteroatoms. The standard InChI is InChI=1S/C18H14Cl2N2O3/c19-12-6-7-13(15(20)10-12)18(24)25-9-3-8-22-11-21-16-5-2-1-4-14(16)17(22)23/h1-2,4-7,10-11H,3,8-9H2. The SMILES string of the molecule is O=C(OCCCn1cnc2ccccc2c1=O)c1ccc(Cl)cc1Cl. The zero-order valence-electron chi connectivity index (χ0n) is 13.1. The molecule has 0 bridgehead atoms. The molecule has 0 saturated heterocycles. The Labute approximate surface area is 153 Å². The van der Waals surface area contributed by atoms with Crippen LogP contribution in [0.4, 0.5) is 0 Å². The van der Waals surface area contributed by atoms with Gasteiger partial charge >= 0.3 is 5.97 Å². The summed E-state index contributed by atoms with van der Waals surface area (Å²) in [4.78, 5) is 28.6. The summed E-state index contributed by atoms with van der Waals surface area (Å²) in [6, 6.07) is 11.7. The van der Waals surface area contributed by atoms with Gasteiger partial charge in [0.1, 0.15) is 0 Å². The van der Waals surface area contributed by atoms with Crippen LogP contribution in [-0.4, -0.2) is 22.1 Å². The molecule has 0 aliphatic rings. The highest BCUT2D eigenvalue weighted by atomic mass is 35.5. The molecular weight excluding hydrogens is 363 g/mol. The number of nitrogens with zero attached hydrogens (tertiary/aromatic N) is 2. The number of para-hydroxylation sites is 1. The Balaban J connectivity index is 1.59. The fourth-order valence-electron chi connectivity index (χ4n) is 2.40. The molecule has 1 aromatic heterocycles. The Hall–Kier alpha value is -2.37. The molecule has 128 valence electrons. The summed E-state index contributed by atoms with van der Waals surface area (Å²) in [6.07, 6.45) is 1.99. The first-order valence-electron chi connectivity index (χ1n) is 7.62. The van der Waals surface area contributed by atoms with Gasteiger partial charge in [0.15, 0.2) is 0 Å². The van der Waals surface area contributed by atoms with Crippen molar-refractivity contribution in [3.63, 3.8) is 0 Å². The van der Waals surface area contributed by atoms with Crippen molar-refractivity contribution in [3.05, 3.63) is 74.8 Å². The molecule has 0 aliphatic heterocycles. The van der Waals surface area contributed by atoms with E-state index < -0.39 is 5.97 Å². The fraction of sp³-hybridized carbons (Fsp3) is 0.167. The lowest BCUT2D eigenvalue weighted by molar-refractivity contribution is 0.0496. The van der Waals surface area contributed by atoms with E-state index >= 15 is 0 Å². The molecule has 3 rings (SSSR count). The number of esters is 1. The molecular formula is C18H14Cl2N2O3. The van der Waals surface area contributed by atoms with Crippen LogP contribution in [0.1, 0.15) is 16.8 Å². The highest BCUT2D eigenvalue weighted by Gasteiger charge is 2.12. The largest absolute Gasteiger partial charge is 0.462 e. The maximum atomic E-state index is 12.3. The quantitative estimate of drug-likeness (QED) is 0.499. The van der Waals surface area contributed by atoms with Crippen LogP contribution < -0.4 is 5.56 Å². The van der Waals surface area contributed by atoms with Gasteiger partial charge in [-0.05, 0) is 36.8 Å². The molecule has 2 aromatic carbocycles. The normalized spacial score (nSPS) is 10.8. The molecule has 0 amide bonds. The van der Waals surface area contributed by atoms with Gasteiger partial charge in [-0.1, -0.05) is 35.3 Å². The number of ether oxygens (including phenoxy) is 1. The zero-order chi connectivity index (χ0) is 17.8. The van der Waals surface area contributed by atoms with Crippen LogP contribution in [0.5, 0.6) is 0 Å². The van der Waals surface area contributed by atoms with Crippen LogP contribution in [0.3, 0.4) is 0 Å². The molecule has 25 heavy (non-hydrogen) atoms. The second-order valence-electron chi connectivity index (χ2n) is 5.37. The minimum atomic E-state index is -0.523. The van der Waals surface area contributed by atoms with Crippen molar-refractivity contribution >= 4 is 40.1 Å². The maximum Gasteiger partial charge on any atom is 0.339 e. The molecule has 0 saturated carbocycles. The summed E-state index contributed by atoms with van der Waals surface area (Å²) < 4.78 is 6.70. The monoisotopic (exact) mass is 376 g/mol. The third kappa shape index (κ3) is 4.00. The molecule has 0 fully saturated rings. The zero-order valence-corrected chi connectivity index (χ0v) is 14.6. The molecule has 5 nitrogen and oxygen atoms in total. The van der Waals surface area contributed by atoms with Crippen molar-refractivity contribution in [1.82, 2.24) is 9.55 Å². The van der Waals surface area contributed by atoms with Crippen LogP contribution in [-0.2, 0) is 11.3 Å². The van der Waals surface area contributed by atoms with Gasteiger partial charge in [-0.2, -0.15) is 0 Å². The predicted molar refractivity (Wildman–Crippen MR) is 97.4 cm³/mol. The predicted octanol–water partition coefficient (Wildman–Crippen LogP) is 3.95. The molecule has 0 N–H and O–H groups in total. The average molecular weight is 377 g/mol. The summed E-state index contributed by atoms with van der Waals surface area (Å²) in [5, 5.41) is 1.26. The first kappa shape index (κ1) is 17.5. The molecule has 0 aliphatic carbocycles. The number of benzene rings is 2. The van der Waals surface area contributed by atoms with Crippen molar-refractivity contribution in [2.75, 3.05) is 6.61 Å². The molecule has 1 heterocycles. The number of fused-ring (bicyclic) bond motifs is 1. The summed E-state index contributed by atoms with van der Waals surface area (Å²) in [6.45, 7) is 0.565. The number of rotatable bonds is 5. The Morgan fingerprint density at radius 1 is 1.16 bits per heavy atom. The number of carbonyl (C=O) groups is 1. The average Bonchev–Trinajstić information content (AvgIpc) is 2.60. The van der Waals surface area contributed by atoms with Gasteiger partial charge in [0.05, 0.1) is 34.4 Å². The van der Waals surface area contributed by atoms with Gasteiger partial charge in [0, 0.05) is 11.6 Å². The van der Waals surface area contributed by atoms with Crippen molar-refractivity contribution in [3.8, 4) is 0 Å². The lowest BCUT2D eigenvalue weighted by atomic mass is 10.2. The van der Waals surface area contributed by atoms with E-state index in [0.29, 0.717) is 28.9 Å². The van der Waals surface area contributed by atoms with Crippen LogP contribution in [0.15, 0.2) is 53.6 Å². The van der Waals surface area contributed by atoms with Gasteiger partial charge in [0.2, 0.25) is 0 Å². The summed E-state index contributed by atoms with van der Waals surface area (Å²) in [7, 11) is 0. The van der Waals surface area contributed by atoms with Gasteiger partial charge in [-0.25, -0.2) is 9.78 Å². The molecule has 0 atom stereocenters. The van der Waals surface area contributed by atoms with E-state index in [1.807, 2.05) is 6.07 Å². The Kier molecular flexibility index (Phi) is 5.36. The third-order valence-corrected chi connectivity index (χ3v) is 4.21. The van der Waals surface area contributed by atoms with Crippen molar-refractivity contribution in [2.24, 2.45) is 0 Å². The van der Waals surface area contributed by atoms with Gasteiger partial charge < -0.3 is 4.74 Å². The lowest BCUT2D eigenvalue weighted by Crippen LogP contribution is -2.21. The van der Waals surface area contributed by atoms with E-state index in [9.17, 15) is 9.59 Å². The highest BCUT2D eigenvalue weighted by Crippen LogP contribution is 2.21. The van der Waals surface area contributed by atoms with E-state index in [1.165, 1.54) is 23.0 Å². The number of aryl methyl sites for hydroxylation is 1. The minimum absolute atomic E-state index is 0.113. The van der Waals surface area contributed by atoms with Crippen LogP contribution in [0.2, 0.25) is 10.0 Å². The second-order valence-corrected chi connectivity index (χ2v) is 6.22. The van der Waals surface area contributed by atoms with Gasteiger partial charge in [-0.3, -0.25) is 9.36 Å². The molecule has 0 radical (unpaired) electrons. The number of halogens is 2. The Bertz CT molecular complexity index is 985. The second kappa shape index (κ2) is 7.68. The number of hydrogen-bond acceptors (Lipinski definition) is 4. The van der Waals surface area contributed by atoms with Crippen molar-refractivity contribution < 1.29 is 9.53 Å². The van der Waals surface area contributed by atoms with E-state index in [2.05, 4.69) is 4.98 Å². The summed E-state index contributed by atoms with van der Waals surface area (Å²) >= 11 is 11.8. The van der Waals surface area contributed by atoms with Crippen LogP contribution in [0, 0.1) is 0 Å². The van der Waals surface area contributed by atoms with Crippen LogP contribution >= 0.6 is 23.2 Å². The fourth-order valence-corrected chi connectivity index (χ4v) is 2.88. The summed E-state index contributed by atoms with van der Waals surface area (Å²) in [5.41, 5.74) is 0.806. The minimum Gasteiger partial charge on any atom is -0.462 e. The summed E-state index contributed by atoms with van der Waals surface area (Å²) in [5.74, 6) is -0.523. The molecule has 0 unspecified atom stereocenters. The van der Waals surface area contributed by atoms with Crippen molar-refractivity contribution in [1.29, 1.82) is 0 Å². The van der Waals surface area contributed by atoms with Crippen molar-refractivity contribution in [2.45, 2.75) is 13.0 Å². The van der Waals surface area contributed by atoms with E-state index in [-0.39, 0.29) is 22.8 Å². The van der Waals surface area contributed by atoms with Crippen LogP contribution in [0.25, 0.3) is 10.9 Å². The number of hydrogen-bond donors (Lipinski definition) is 0. The van der Waals surface area contributed by atoms with E-state index in [1.54, 1.807) is 24.3 Å². The molecule has 0 spiro atoms. The van der Waals surface area contributed by atoms with Gasteiger partial charge in [0.25, 0.3) is 5.56 Å². The maximum absolute atomic E-state index is 12.3. The third-order valence-electron chi connectivity index (χ3n) is 3.66. The Morgan fingerprint density at radius 2 is 1.96 bits per heavy atom. The number of aromatic nitrogens is 2. The Morgan fingerprint density at radius 3 is 2.76 bits per heavy atom. The highest BCUT2D eigenvalue weighted by molar-refractivity contribution is 6.36. The topological polar surface area (TPSA) is 61.2 Å². The smallest absolute Gasteiger partial charge is 0.339 e. The first-order chi connectivity index (χ1) is 12.1.